The second-order valence-electron chi connectivity index (χ2n) is 6.74. The Labute approximate surface area is 157 Å². The minimum atomic E-state index is -0.404. The summed E-state index contributed by atoms with van der Waals surface area (Å²) in [6.45, 7) is 2.48. The van der Waals surface area contributed by atoms with Crippen LogP contribution in [-0.2, 0) is 0 Å². The van der Waals surface area contributed by atoms with Crippen molar-refractivity contribution in [2.75, 3.05) is 39.8 Å². The van der Waals surface area contributed by atoms with E-state index in [0.29, 0.717) is 17.8 Å². The minimum absolute atomic E-state index is 0.0572. The Morgan fingerprint density at radius 2 is 2.00 bits per heavy atom. The van der Waals surface area contributed by atoms with Crippen LogP contribution >= 0.6 is 0 Å². The van der Waals surface area contributed by atoms with E-state index in [1.807, 2.05) is 0 Å². The van der Waals surface area contributed by atoms with Gasteiger partial charge in [-0.3, -0.25) is 14.5 Å². The van der Waals surface area contributed by atoms with Gasteiger partial charge in [-0.05, 0) is 38.1 Å². The molecule has 1 amide bonds. The van der Waals surface area contributed by atoms with Crippen LogP contribution in [0.1, 0.15) is 33.7 Å². The van der Waals surface area contributed by atoms with E-state index in [1.165, 1.54) is 6.07 Å². The number of halogens is 1. The molecular formula is C20H24FN3O3. The maximum atomic E-state index is 13.5. The average Bonchev–Trinajstić information content (AvgIpc) is 3.35. The van der Waals surface area contributed by atoms with Crippen molar-refractivity contribution in [1.82, 2.24) is 14.8 Å². The Morgan fingerprint density at radius 3 is 2.74 bits per heavy atom. The van der Waals surface area contributed by atoms with Gasteiger partial charge in [-0.2, -0.15) is 0 Å². The third-order valence-electron chi connectivity index (χ3n) is 4.61. The number of aromatic nitrogens is 1. The summed E-state index contributed by atoms with van der Waals surface area (Å²) < 4.78 is 18.9. The van der Waals surface area contributed by atoms with Crippen LogP contribution in [0, 0.1) is 5.82 Å². The molecule has 0 atom stereocenters. The fourth-order valence-corrected chi connectivity index (χ4v) is 3.06. The van der Waals surface area contributed by atoms with Crippen LogP contribution < -0.4 is 4.74 Å². The maximum Gasteiger partial charge on any atom is 0.270 e. The van der Waals surface area contributed by atoms with E-state index in [2.05, 4.69) is 4.98 Å². The van der Waals surface area contributed by atoms with Gasteiger partial charge < -0.3 is 14.6 Å². The van der Waals surface area contributed by atoms with E-state index in [4.69, 9.17) is 4.74 Å². The zero-order chi connectivity index (χ0) is 19.2. The van der Waals surface area contributed by atoms with Gasteiger partial charge in [0, 0.05) is 31.4 Å². The van der Waals surface area contributed by atoms with Gasteiger partial charge in [-0.1, -0.05) is 12.1 Å². The zero-order valence-corrected chi connectivity index (χ0v) is 15.4. The summed E-state index contributed by atoms with van der Waals surface area (Å²) in [5, 5.41) is 0. The standard InChI is InChI=1S/C20H24FN3O3/c1-23(10-11-27-19-7-3-2-6-16(19)21)14-18(25)15-12-17(22-13-15)20(26)24-8-4-5-9-24/h2-3,6-7,12-13,22H,4-5,8-11,14H2,1H3. The number of H-pyrrole nitrogens is 1. The summed E-state index contributed by atoms with van der Waals surface area (Å²) in [6, 6.07) is 7.84. The molecular weight excluding hydrogens is 349 g/mol. The van der Waals surface area contributed by atoms with Crippen LogP contribution in [0.4, 0.5) is 4.39 Å². The molecule has 0 saturated carbocycles. The van der Waals surface area contributed by atoms with Gasteiger partial charge in [0.05, 0.1) is 6.54 Å². The fraction of sp³-hybridized carbons (Fsp3) is 0.400. The first-order valence-corrected chi connectivity index (χ1v) is 9.11. The van der Waals surface area contributed by atoms with Crippen LogP contribution in [0.2, 0.25) is 0 Å². The lowest BCUT2D eigenvalue weighted by Crippen LogP contribution is -2.30. The Kier molecular flexibility index (Phi) is 6.24. The smallest absolute Gasteiger partial charge is 0.270 e. The molecule has 1 aliphatic heterocycles. The van der Waals surface area contributed by atoms with Gasteiger partial charge in [0.2, 0.25) is 0 Å². The van der Waals surface area contributed by atoms with E-state index in [9.17, 15) is 14.0 Å². The summed E-state index contributed by atoms with van der Waals surface area (Å²) in [5.74, 6) is -0.343. The Hall–Kier alpha value is -2.67. The van der Waals surface area contributed by atoms with Crippen molar-refractivity contribution >= 4 is 11.7 Å². The number of rotatable bonds is 8. The second kappa shape index (κ2) is 8.81. The molecule has 2 heterocycles. The lowest BCUT2D eigenvalue weighted by molar-refractivity contribution is 0.0787. The molecule has 1 aromatic heterocycles. The van der Waals surface area contributed by atoms with Crippen LogP contribution in [0.3, 0.4) is 0 Å². The van der Waals surface area contributed by atoms with Crippen molar-refractivity contribution in [2.45, 2.75) is 12.8 Å². The number of ether oxygens (including phenoxy) is 1. The first-order chi connectivity index (χ1) is 13.0. The third-order valence-corrected chi connectivity index (χ3v) is 4.61. The Morgan fingerprint density at radius 1 is 1.26 bits per heavy atom. The van der Waals surface area contributed by atoms with Gasteiger partial charge in [0.15, 0.2) is 17.3 Å². The van der Waals surface area contributed by atoms with Gasteiger partial charge >= 0.3 is 0 Å². The number of ketones is 1. The van der Waals surface area contributed by atoms with Crippen molar-refractivity contribution in [3.05, 3.63) is 53.6 Å². The molecule has 7 heteroatoms. The van der Waals surface area contributed by atoms with E-state index in [1.54, 1.807) is 47.3 Å². The van der Waals surface area contributed by atoms with Gasteiger partial charge in [-0.25, -0.2) is 4.39 Å². The number of amides is 1. The van der Waals surface area contributed by atoms with Crippen molar-refractivity contribution < 1.29 is 18.7 Å². The van der Waals surface area contributed by atoms with E-state index < -0.39 is 5.82 Å². The summed E-state index contributed by atoms with van der Waals surface area (Å²) in [4.78, 5) is 31.3. The number of benzene rings is 1. The average molecular weight is 373 g/mol. The molecule has 1 N–H and O–H groups in total. The molecule has 6 nitrogen and oxygen atoms in total. The lowest BCUT2D eigenvalue weighted by Gasteiger charge is -2.16. The van der Waals surface area contributed by atoms with E-state index in [0.717, 1.165) is 25.9 Å². The predicted molar refractivity (Wildman–Crippen MR) is 99.7 cm³/mol. The molecule has 1 fully saturated rings. The highest BCUT2D eigenvalue weighted by molar-refractivity contribution is 6.01. The molecule has 0 unspecified atom stereocenters. The van der Waals surface area contributed by atoms with Crippen LogP contribution in [0.25, 0.3) is 0 Å². The van der Waals surface area contributed by atoms with Crippen molar-refractivity contribution in [1.29, 1.82) is 0 Å². The van der Waals surface area contributed by atoms with Crippen molar-refractivity contribution in [3.8, 4) is 5.75 Å². The first-order valence-electron chi connectivity index (χ1n) is 9.11. The second-order valence-corrected chi connectivity index (χ2v) is 6.74. The number of nitrogens with one attached hydrogen (secondary N) is 1. The van der Waals surface area contributed by atoms with Gasteiger partial charge in [0.1, 0.15) is 12.3 Å². The minimum Gasteiger partial charge on any atom is -0.489 e. The van der Waals surface area contributed by atoms with Crippen LogP contribution in [0.15, 0.2) is 36.5 Å². The molecule has 0 aliphatic carbocycles. The molecule has 1 aliphatic rings. The topological polar surface area (TPSA) is 65.6 Å². The molecule has 1 aromatic carbocycles. The summed E-state index contributed by atoms with van der Waals surface area (Å²) >= 11 is 0. The maximum absolute atomic E-state index is 13.5. The molecule has 2 aromatic rings. The monoisotopic (exact) mass is 373 g/mol. The lowest BCUT2D eigenvalue weighted by atomic mass is 10.2. The number of aromatic amines is 1. The molecule has 0 bridgehead atoms. The molecule has 144 valence electrons. The zero-order valence-electron chi connectivity index (χ0n) is 15.4. The largest absolute Gasteiger partial charge is 0.489 e. The number of para-hydroxylation sites is 1. The summed E-state index contributed by atoms with van der Waals surface area (Å²) in [5.41, 5.74) is 0.935. The molecule has 27 heavy (non-hydrogen) atoms. The number of hydrogen-bond acceptors (Lipinski definition) is 4. The normalized spacial score (nSPS) is 14.0. The number of hydrogen-bond donors (Lipinski definition) is 1. The van der Waals surface area contributed by atoms with Gasteiger partial charge in [-0.15, -0.1) is 0 Å². The number of carbonyl (C=O) groups is 2. The van der Waals surface area contributed by atoms with Crippen LogP contribution in [0.5, 0.6) is 5.75 Å². The van der Waals surface area contributed by atoms with Crippen LogP contribution in [-0.4, -0.2) is 66.3 Å². The van der Waals surface area contributed by atoms with E-state index in [-0.39, 0.29) is 30.6 Å². The van der Waals surface area contributed by atoms with Crippen molar-refractivity contribution in [3.63, 3.8) is 0 Å². The Bertz CT molecular complexity index is 799. The predicted octanol–water partition coefficient (Wildman–Crippen LogP) is 2.58. The SMILES string of the molecule is CN(CCOc1ccccc1F)CC(=O)c1c[nH]c(C(=O)N2CCCC2)c1. The van der Waals surface area contributed by atoms with E-state index >= 15 is 0 Å². The number of Topliss-reactive ketones (excluding diaryl/α,β-unsaturated/α-hetero) is 1. The third kappa shape index (κ3) is 4.95. The highest BCUT2D eigenvalue weighted by Gasteiger charge is 2.22. The first kappa shape index (κ1) is 19.1. The summed E-state index contributed by atoms with van der Waals surface area (Å²) in [6.07, 6.45) is 3.63. The number of nitrogens with zero attached hydrogens (tertiary/aromatic N) is 2. The Balaban J connectivity index is 1.47. The van der Waals surface area contributed by atoms with Gasteiger partial charge in [0.25, 0.3) is 5.91 Å². The fourth-order valence-electron chi connectivity index (χ4n) is 3.06. The molecule has 0 spiro atoms. The number of likely N-dealkylation sites (N-methyl/N-ethyl adjacent to an activating group) is 1. The molecule has 0 radical (unpaired) electrons. The molecule has 3 rings (SSSR count). The quantitative estimate of drug-likeness (QED) is 0.723. The number of likely N-dealkylation sites (tertiary alicyclic amines) is 1. The highest BCUT2D eigenvalue weighted by atomic mass is 19.1. The summed E-state index contributed by atoms with van der Waals surface area (Å²) in [7, 11) is 1.80. The van der Waals surface area contributed by atoms with Crippen molar-refractivity contribution in [2.24, 2.45) is 0 Å². The number of carbonyl (C=O) groups excluding carboxylic acids is 2. The highest BCUT2D eigenvalue weighted by Crippen LogP contribution is 2.15. The molecule has 1 saturated heterocycles.